The summed E-state index contributed by atoms with van der Waals surface area (Å²) < 4.78 is 6.77. The van der Waals surface area contributed by atoms with Crippen molar-refractivity contribution in [2.24, 2.45) is 0 Å². The molecule has 0 aliphatic heterocycles. The fourth-order valence-corrected chi connectivity index (χ4v) is 2.72. The molecule has 0 atom stereocenters. The number of anilines is 1. The minimum absolute atomic E-state index is 0.0304. The van der Waals surface area contributed by atoms with Crippen molar-refractivity contribution < 1.29 is 9.53 Å². The highest BCUT2D eigenvalue weighted by atomic mass is 35.5. The molecule has 1 N–H and O–H groups in total. The van der Waals surface area contributed by atoms with Gasteiger partial charge in [-0.25, -0.2) is 0 Å². The quantitative estimate of drug-likeness (QED) is 0.645. The van der Waals surface area contributed by atoms with Crippen LogP contribution in [0.2, 0.25) is 5.02 Å². The zero-order chi connectivity index (χ0) is 20.8. The van der Waals surface area contributed by atoms with Crippen LogP contribution >= 0.6 is 11.6 Å². The highest BCUT2D eigenvalue weighted by Crippen LogP contribution is 2.19. The Morgan fingerprint density at radius 3 is 2.66 bits per heavy atom. The van der Waals surface area contributed by atoms with Gasteiger partial charge < -0.3 is 15.0 Å². The molecule has 7 nitrogen and oxygen atoms in total. The summed E-state index contributed by atoms with van der Waals surface area (Å²) in [6.07, 6.45) is 1.52. The Bertz CT molecular complexity index is 1050. The summed E-state index contributed by atoms with van der Waals surface area (Å²) in [6.45, 7) is 0.381. The van der Waals surface area contributed by atoms with Gasteiger partial charge in [0.15, 0.2) is 6.61 Å². The molecule has 3 aromatic rings. The highest BCUT2D eigenvalue weighted by Gasteiger charge is 2.11. The second-order valence-corrected chi connectivity index (χ2v) is 6.88. The van der Waals surface area contributed by atoms with Crippen molar-refractivity contribution in [3.63, 3.8) is 0 Å². The van der Waals surface area contributed by atoms with Crippen molar-refractivity contribution in [3.05, 3.63) is 81.7 Å². The Balaban J connectivity index is 1.69. The Morgan fingerprint density at radius 2 is 1.93 bits per heavy atom. The van der Waals surface area contributed by atoms with E-state index in [9.17, 15) is 9.59 Å². The predicted molar refractivity (Wildman–Crippen MR) is 113 cm³/mol. The molecular formula is C21H21ClN4O3. The fourth-order valence-electron chi connectivity index (χ4n) is 2.53. The molecule has 29 heavy (non-hydrogen) atoms. The minimum Gasteiger partial charge on any atom is -0.484 e. The number of carbonyl (C=O) groups is 1. The van der Waals surface area contributed by atoms with Crippen molar-refractivity contribution >= 4 is 23.2 Å². The van der Waals surface area contributed by atoms with Crippen LogP contribution in [0.5, 0.6) is 5.75 Å². The second-order valence-electron chi connectivity index (χ2n) is 6.50. The Morgan fingerprint density at radius 1 is 1.17 bits per heavy atom. The van der Waals surface area contributed by atoms with Gasteiger partial charge in [0, 0.05) is 20.6 Å². The van der Waals surface area contributed by atoms with Crippen molar-refractivity contribution in [1.82, 2.24) is 14.7 Å². The first-order valence-electron chi connectivity index (χ1n) is 8.94. The highest BCUT2D eigenvalue weighted by molar-refractivity contribution is 6.32. The van der Waals surface area contributed by atoms with E-state index in [2.05, 4.69) is 10.4 Å². The molecule has 1 aromatic heterocycles. The first kappa shape index (κ1) is 20.4. The number of rotatable bonds is 7. The number of benzene rings is 2. The van der Waals surface area contributed by atoms with E-state index in [1.807, 2.05) is 36.4 Å². The molecule has 8 heteroatoms. The molecule has 0 spiro atoms. The molecule has 0 unspecified atom stereocenters. The second kappa shape index (κ2) is 9.25. The molecule has 0 saturated heterocycles. The zero-order valence-corrected chi connectivity index (χ0v) is 16.9. The standard InChI is InChI=1S/C21H21ClN4O3/c1-25(2)19(27)14-29-17-10-6-7-15(11-17)12-23-18-13-24-26(21(28)20(18)22)16-8-4-3-5-9-16/h3-11,13,23H,12,14H2,1-2H3. The van der Waals surface area contributed by atoms with Crippen LogP contribution in [0.15, 0.2) is 65.6 Å². The summed E-state index contributed by atoms with van der Waals surface area (Å²) in [6, 6.07) is 16.4. The van der Waals surface area contributed by atoms with Crippen LogP contribution in [-0.2, 0) is 11.3 Å². The van der Waals surface area contributed by atoms with E-state index < -0.39 is 5.56 Å². The molecule has 0 fully saturated rings. The normalized spacial score (nSPS) is 10.4. The first-order valence-corrected chi connectivity index (χ1v) is 9.32. The summed E-state index contributed by atoms with van der Waals surface area (Å²) in [7, 11) is 3.35. The number of aromatic nitrogens is 2. The maximum absolute atomic E-state index is 12.5. The topological polar surface area (TPSA) is 76.5 Å². The molecule has 0 saturated carbocycles. The lowest BCUT2D eigenvalue weighted by atomic mass is 10.2. The average Bonchev–Trinajstić information content (AvgIpc) is 2.74. The number of nitrogens with one attached hydrogen (secondary N) is 1. The van der Waals surface area contributed by atoms with Crippen molar-refractivity contribution in [3.8, 4) is 11.4 Å². The minimum atomic E-state index is -0.401. The molecule has 0 radical (unpaired) electrons. The van der Waals surface area contributed by atoms with Gasteiger partial charge in [-0.05, 0) is 29.8 Å². The number of carbonyl (C=O) groups excluding carboxylic acids is 1. The number of nitrogens with zero attached hydrogens (tertiary/aromatic N) is 3. The summed E-state index contributed by atoms with van der Waals surface area (Å²) in [4.78, 5) is 25.6. The number of para-hydroxylation sites is 1. The first-order chi connectivity index (χ1) is 14.0. The lowest BCUT2D eigenvalue weighted by molar-refractivity contribution is -0.130. The van der Waals surface area contributed by atoms with Crippen molar-refractivity contribution in [2.75, 3.05) is 26.0 Å². The van der Waals surface area contributed by atoms with Gasteiger partial charge in [0.25, 0.3) is 11.5 Å². The molecule has 0 bridgehead atoms. The number of amides is 1. The van der Waals surface area contributed by atoms with Crippen LogP contribution in [0.4, 0.5) is 5.69 Å². The molecule has 150 valence electrons. The van der Waals surface area contributed by atoms with Crippen LogP contribution in [0.25, 0.3) is 5.69 Å². The lowest BCUT2D eigenvalue weighted by Crippen LogP contribution is -2.27. The van der Waals surface area contributed by atoms with E-state index >= 15 is 0 Å². The van der Waals surface area contributed by atoms with E-state index in [0.717, 1.165) is 5.56 Å². The Hall–Kier alpha value is -3.32. The number of halogens is 1. The van der Waals surface area contributed by atoms with Crippen molar-refractivity contribution in [1.29, 1.82) is 0 Å². The van der Waals surface area contributed by atoms with Gasteiger partial charge in [0.05, 0.1) is 17.6 Å². The van der Waals surface area contributed by atoms with Gasteiger partial charge in [-0.15, -0.1) is 0 Å². The number of hydrogen-bond donors (Lipinski definition) is 1. The SMILES string of the molecule is CN(C)C(=O)COc1cccc(CNc2cnn(-c3ccccc3)c(=O)c2Cl)c1. The average molecular weight is 413 g/mol. The maximum atomic E-state index is 12.5. The molecule has 2 aromatic carbocycles. The van der Waals surface area contributed by atoms with Crippen LogP contribution < -0.4 is 15.6 Å². The molecule has 3 rings (SSSR count). The van der Waals surface area contributed by atoms with E-state index in [-0.39, 0.29) is 17.5 Å². The van der Waals surface area contributed by atoms with E-state index in [4.69, 9.17) is 16.3 Å². The number of ether oxygens (including phenoxy) is 1. The largest absolute Gasteiger partial charge is 0.484 e. The van der Waals surface area contributed by atoms with E-state index in [1.54, 1.807) is 32.3 Å². The monoisotopic (exact) mass is 412 g/mol. The third kappa shape index (κ3) is 5.14. The van der Waals surface area contributed by atoms with Crippen LogP contribution in [0, 0.1) is 0 Å². The third-order valence-corrected chi connectivity index (χ3v) is 4.53. The van der Waals surface area contributed by atoms with Crippen molar-refractivity contribution in [2.45, 2.75) is 6.54 Å². The van der Waals surface area contributed by atoms with E-state index in [1.165, 1.54) is 15.8 Å². The number of likely N-dealkylation sites (N-methyl/N-ethyl adjacent to an activating group) is 1. The summed E-state index contributed by atoms with van der Waals surface area (Å²) in [5.41, 5.74) is 1.59. The zero-order valence-electron chi connectivity index (χ0n) is 16.1. The Labute approximate surface area is 173 Å². The van der Waals surface area contributed by atoms with Gasteiger partial charge in [-0.3, -0.25) is 9.59 Å². The molecular weight excluding hydrogens is 392 g/mol. The third-order valence-electron chi connectivity index (χ3n) is 4.16. The van der Waals surface area contributed by atoms with Crippen LogP contribution in [-0.4, -0.2) is 41.3 Å². The number of hydrogen-bond acceptors (Lipinski definition) is 5. The fraction of sp³-hybridized carbons (Fsp3) is 0.190. The maximum Gasteiger partial charge on any atom is 0.292 e. The van der Waals surface area contributed by atoms with Crippen LogP contribution in [0.3, 0.4) is 0 Å². The van der Waals surface area contributed by atoms with Gasteiger partial charge in [0.1, 0.15) is 10.8 Å². The lowest BCUT2D eigenvalue weighted by Gasteiger charge is -2.13. The van der Waals surface area contributed by atoms with E-state index in [0.29, 0.717) is 23.7 Å². The summed E-state index contributed by atoms with van der Waals surface area (Å²) in [5, 5.41) is 7.38. The van der Waals surface area contributed by atoms with Gasteiger partial charge in [0.2, 0.25) is 0 Å². The summed E-state index contributed by atoms with van der Waals surface area (Å²) in [5.74, 6) is 0.466. The molecule has 1 amide bonds. The van der Waals surface area contributed by atoms with Gasteiger partial charge in [-0.2, -0.15) is 9.78 Å². The molecule has 0 aliphatic carbocycles. The predicted octanol–water partition coefficient (Wildman–Crippen LogP) is 2.97. The summed E-state index contributed by atoms with van der Waals surface area (Å²) >= 11 is 6.26. The molecule has 0 aliphatic rings. The molecule has 1 heterocycles. The van der Waals surface area contributed by atoms with Gasteiger partial charge in [-0.1, -0.05) is 41.9 Å². The van der Waals surface area contributed by atoms with Crippen LogP contribution in [0.1, 0.15) is 5.56 Å². The van der Waals surface area contributed by atoms with Gasteiger partial charge >= 0.3 is 0 Å². The Kier molecular flexibility index (Phi) is 6.51. The smallest absolute Gasteiger partial charge is 0.292 e.